The summed E-state index contributed by atoms with van der Waals surface area (Å²) in [6.07, 6.45) is 0. The van der Waals surface area contributed by atoms with Gasteiger partial charge in [0.05, 0.1) is 0 Å². The molecule has 1 aromatic carbocycles. The Morgan fingerprint density at radius 1 is 1.05 bits per heavy atom. The molecule has 0 spiro atoms. The summed E-state index contributed by atoms with van der Waals surface area (Å²) in [6.45, 7) is 5.99. The third-order valence-corrected chi connectivity index (χ3v) is 4.30. The Labute approximate surface area is 116 Å². The van der Waals surface area contributed by atoms with Crippen LogP contribution in [0, 0.1) is 18.6 Å². The predicted molar refractivity (Wildman–Crippen MR) is 75.4 cm³/mol. The molecule has 19 heavy (non-hydrogen) atoms. The van der Waals surface area contributed by atoms with Crippen LogP contribution >= 0.6 is 11.3 Å². The molecular weight excluding hydrogens is 264 g/mol. The Hall–Kier alpha value is -1.26. The lowest BCUT2D eigenvalue weighted by molar-refractivity contribution is 0.474. The van der Waals surface area contributed by atoms with Crippen molar-refractivity contribution >= 4 is 11.3 Å². The van der Waals surface area contributed by atoms with Crippen LogP contribution in [0.4, 0.5) is 8.78 Å². The van der Waals surface area contributed by atoms with E-state index in [1.165, 1.54) is 21.9 Å². The molecule has 1 N–H and O–H groups in total. The van der Waals surface area contributed by atoms with Gasteiger partial charge in [0.25, 0.3) is 0 Å². The molecule has 2 aromatic rings. The standard InChI is InChI=1S/C15H17F2NS/c1-9-4-7-15(19-9)11(3)18-10(2)13-6-5-12(16)8-14(13)17/h4-8,10-11,18H,1-3H3. The van der Waals surface area contributed by atoms with Gasteiger partial charge >= 0.3 is 0 Å². The highest BCUT2D eigenvalue weighted by atomic mass is 32.1. The van der Waals surface area contributed by atoms with E-state index in [4.69, 9.17) is 0 Å². The van der Waals surface area contributed by atoms with Crippen LogP contribution in [-0.4, -0.2) is 0 Å². The first kappa shape index (κ1) is 14.2. The molecule has 1 heterocycles. The monoisotopic (exact) mass is 281 g/mol. The van der Waals surface area contributed by atoms with E-state index in [1.54, 1.807) is 11.3 Å². The maximum Gasteiger partial charge on any atom is 0.130 e. The second kappa shape index (κ2) is 5.80. The second-order valence-corrected chi connectivity index (χ2v) is 6.04. The fourth-order valence-electron chi connectivity index (χ4n) is 2.09. The molecule has 4 heteroatoms. The topological polar surface area (TPSA) is 12.0 Å². The number of aryl methyl sites for hydroxylation is 1. The highest BCUT2D eigenvalue weighted by molar-refractivity contribution is 7.12. The molecule has 0 fully saturated rings. The van der Waals surface area contributed by atoms with Crippen molar-refractivity contribution < 1.29 is 8.78 Å². The van der Waals surface area contributed by atoms with Crippen LogP contribution in [0.2, 0.25) is 0 Å². The van der Waals surface area contributed by atoms with Crippen molar-refractivity contribution in [2.24, 2.45) is 0 Å². The van der Waals surface area contributed by atoms with Crippen molar-refractivity contribution in [3.63, 3.8) is 0 Å². The van der Waals surface area contributed by atoms with Crippen molar-refractivity contribution in [1.82, 2.24) is 5.32 Å². The summed E-state index contributed by atoms with van der Waals surface area (Å²) in [4.78, 5) is 2.47. The summed E-state index contributed by atoms with van der Waals surface area (Å²) in [5.41, 5.74) is 0.488. The number of rotatable bonds is 4. The number of hydrogen-bond acceptors (Lipinski definition) is 2. The van der Waals surface area contributed by atoms with Crippen molar-refractivity contribution in [2.45, 2.75) is 32.9 Å². The molecule has 0 aliphatic carbocycles. The normalized spacial score (nSPS) is 14.4. The molecule has 0 bridgehead atoms. The molecule has 0 amide bonds. The number of nitrogens with one attached hydrogen (secondary N) is 1. The quantitative estimate of drug-likeness (QED) is 0.853. The van der Waals surface area contributed by atoms with Gasteiger partial charge in [0.15, 0.2) is 0 Å². The van der Waals surface area contributed by atoms with Gasteiger partial charge in [-0.2, -0.15) is 0 Å². The summed E-state index contributed by atoms with van der Waals surface area (Å²) < 4.78 is 26.6. The maximum absolute atomic E-state index is 13.7. The molecule has 2 rings (SSSR count). The Bertz CT molecular complexity index is 565. The van der Waals surface area contributed by atoms with Gasteiger partial charge in [0, 0.05) is 33.5 Å². The summed E-state index contributed by atoms with van der Waals surface area (Å²) in [5.74, 6) is -1.05. The third-order valence-electron chi connectivity index (χ3n) is 3.12. The van der Waals surface area contributed by atoms with Crippen molar-refractivity contribution in [3.05, 3.63) is 57.3 Å². The van der Waals surface area contributed by atoms with Crippen LogP contribution < -0.4 is 5.32 Å². The van der Waals surface area contributed by atoms with E-state index in [1.807, 2.05) is 13.8 Å². The first-order valence-electron chi connectivity index (χ1n) is 6.24. The van der Waals surface area contributed by atoms with Gasteiger partial charge < -0.3 is 5.32 Å². The Balaban J connectivity index is 2.10. The molecule has 0 radical (unpaired) electrons. The van der Waals surface area contributed by atoms with E-state index in [-0.39, 0.29) is 12.1 Å². The second-order valence-electron chi connectivity index (χ2n) is 4.72. The lowest BCUT2D eigenvalue weighted by Crippen LogP contribution is -2.22. The van der Waals surface area contributed by atoms with Gasteiger partial charge in [0.1, 0.15) is 11.6 Å². The highest BCUT2D eigenvalue weighted by Gasteiger charge is 2.15. The number of benzene rings is 1. The first-order chi connectivity index (χ1) is 8.97. The Morgan fingerprint density at radius 3 is 2.37 bits per heavy atom. The molecule has 0 aliphatic heterocycles. The average Bonchev–Trinajstić information content (AvgIpc) is 2.75. The van der Waals surface area contributed by atoms with Crippen LogP contribution in [0.25, 0.3) is 0 Å². The van der Waals surface area contributed by atoms with Crippen LogP contribution in [0.1, 0.15) is 41.2 Å². The Kier molecular flexibility index (Phi) is 4.32. The smallest absolute Gasteiger partial charge is 0.130 e. The zero-order valence-electron chi connectivity index (χ0n) is 11.2. The fourth-order valence-corrected chi connectivity index (χ4v) is 2.97. The Morgan fingerprint density at radius 2 is 1.79 bits per heavy atom. The molecular formula is C15H17F2NS. The van der Waals surface area contributed by atoms with Gasteiger partial charge in [0.2, 0.25) is 0 Å². The fraction of sp³-hybridized carbons (Fsp3) is 0.333. The van der Waals surface area contributed by atoms with Crippen molar-refractivity contribution in [2.75, 3.05) is 0 Å². The van der Waals surface area contributed by atoms with E-state index in [0.717, 1.165) is 6.07 Å². The number of halogens is 2. The zero-order chi connectivity index (χ0) is 14.0. The lowest BCUT2D eigenvalue weighted by atomic mass is 10.1. The van der Waals surface area contributed by atoms with E-state index in [2.05, 4.69) is 24.4 Å². The highest BCUT2D eigenvalue weighted by Crippen LogP contribution is 2.26. The van der Waals surface area contributed by atoms with Crippen molar-refractivity contribution in [3.8, 4) is 0 Å². The molecule has 1 nitrogen and oxygen atoms in total. The zero-order valence-corrected chi connectivity index (χ0v) is 12.0. The van der Waals surface area contributed by atoms with Gasteiger partial charge in [-0.25, -0.2) is 8.78 Å². The molecule has 2 atom stereocenters. The van der Waals surface area contributed by atoms with Crippen LogP contribution in [-0.2, 0) is 0 Å². The largest absolute Gasteiger partial charge is 0.303 e. The summed E-state index contributed by atoms with van der Waals surface area (Å²) >= 11 is 1.72. The minimum atomic E-state index is -0.546. The molecule has 1 aromatic heterocycles. The van der Waals surface area contributed by atoms with E-state index >= 15 is 0 Å². The van der Waals surface area contributed by atoms with Crippen molar-refractivity contribution in [1.29, 1.82) is 0 Å². The van der Waals surface area contributed by atoms with Crippen LogP contribution in [0.15, 0.2) is 30.3 Å². The van der Waals surface area contributed by atoms with Gasteiger partial charge in [-0.3, -0.25) is 0 Å². The minimum absolute atomic E-state index is 0.137. The third kappa shape index (κ3) is 3.39. The van der Waals surface area contributed by atoms with Crippen LogP contribution in [0.3, 0.4) is 0 Å². The summed E-state index contributed by atoms with van der Waals surface area (Å²) in [5, 5.41) is 3.33. The molecule has 102 valence electrons. The van der Waals surface area contributed by atoms with E-state index in [0.29, 0.717) is 5.56 Å². The average molecular weight is 281 g/mol. The SMILES string of the molecule is Cc1ccc(C(C)NC(C)c2ccc(F)cc2F)s1. The van der Waals surface area contributed by atoms with Gasteiger partial charge in [-0.05, 0) is 39.0 Å². The van der Waals surface area contributed by atoms with Gasteiger partial charge in [-0.1, -0.05) is 6.07 Å². The molecule has 0 saturated carbocycles. The van der Waals surface area contributed by atoms with E-state index in [9.17, 15) is 8.78 Å². The number of thiophene rings is 1. The summed E-state index contributed by atoms with van der Waals surface area (Å²) in [7, 11) is 0. The molecule has 2 unspecified atom stereocenters. The minimum Gasteiger partial charge on any atom is -0.303 e. The molecule has 0 aliphatic rings. The predicted octanol–water partition coefficient (Wildman–Crippen LogP) is 4.75. The number of hydrogen-bond donors (Lipinski definition) is 1. The molecule has 0 saturated heterocycles. The lowest BCUT2D eigenvalue weighted by Gasteiger charge is -2.20. The van der Waals surface area contributed by atoms with Crippen LogP contribution in [0.5, 0.6) is 0 Å². The van der Waals surface area contributed by atoms with Gasteiger partial charge in [-0.15, -0.1) is 11.3 Å². The van der Waals surface area contributed by atoms with E-state index < -0.39 is 11.6 Å². The maximum atomic E-state index is 13.7. The first-order valence-corrected chi connectivity index (χ1v) is 7.06. The summed E-state index contributed by atoms with van der Waals surface area (Å²) in [6, 6.07) is 7.82.